The van der Waals surface area contributed by atoms with Gasteiger partial charge in [0.1, 0.15) is 6.10 Å². The molecule has 1 aliphatic heterocycles. The minimum Gasteiger partial charge on any atom is -0.409 e. The molecular weight excluding hydrogens is 362 g/mol. The first-order valence-electron chi connectivity index (χ1n) is 7.99. The molecule has 0 aromatic heterocycles. The predicted octanol–water partition coefficient (Wildman–Crippen LogP) is 3.15. The Hall–Kier alpha value is -0.713. The van der Waals surface area contributed by atoms with E-state index in [1.807, 2.05) is 39.2 Å². The molecule has 5 atom stereocenters. The van der Waals surface area contributed by atoms with Crippen LogP contribution < -0.4 is 5.32 Å². The molecule has 0 spiro atoms. The first-order chi connectivity index (χ1) is 11.1. The van der Waals surface area contributed by atoms with Crippen molar-refractivity contribution < 1.29 is 36.3 Å². The quantitative estimate of drug-likeness (QED) is 0.593. The van der Waals surface area contributed by atoms with Gasteiger partial charge in [-0.2, -0.15) is 13.2 Å². The summed E-state index contributed by atoms with van der Waals surface area (Å²) in [5.41, 5.74) is 0. The van der Waals surface area contributed by atoms with E-state index in [-0.39, 0.29) is 5.04 Å². The number of nitrogens with one attached hydrogen (secondary N) is 1. The Morgan fingerprint density at radius 3 is 2.12 bits per heavy atom. The zero-order chi connectivity index (χ0) is 19.8. The van der Waals surface area contributed by atoms with E-state index in [0.29, 0.717) is 0 Å². The zero-order valence-corrected chi connectivity index (χ0v) is 16.5. The van der Waals surface area contributed by atoms with E-state index in [2.05, 4.69) is 0 Å². The van der Waals surface area contributed by atoms with E-state index in [0.717, 1.165) is 0 Å². The Morgan fingerprint density at radius 1 is 1.20 bits per heavy atom. The van der Waals surface area contributed by atoms with Gasteiger partial charge in [-0.1, -0.05) is 20.8 Å². The van der Waals surface area contributed by atoms with Gasteiger partial charge >= 0.3 is 12.1 Å². The van der Waals surface area contributed by atoms with Crippen molar-refractivity contribution in [2.75, 3.05) is 7.11 Å². The lowest BCUT2D eigenvalue weighted by Gasteiger charge is -2.47. The third kappa shape index (κ3) is 5.15. The third-order valence-electron chi connectivity index (χ3n) is 4.81. The highest BCUT2D eigenvalue weighted by Gasteiger charge is 2.52. The molecular formula is C15H27F4NO4Si. The monoisotopic (exact) mass is 389 g/mol. The summed E-state index contributed by atoms with van der Waals surface area (Å²) < 4.78 is 68.9. The predicted molar refractivity (Wildman–Crippen MR) is 86.3 cm³/mol. The van der Waals surface area contributed by atoms with Gasteiger partial charge in [0.05, 0.1) is 12.1 Å². The fourth-order valence-electron chi connectivity index (χ4n) is 2.26. The number of rotatable bonds is 4. The molecule has 148 valence electrons. The Morgan fingerprint density at radius 2 is 1.72 bits per heavy atom. The number of carbonyl (C=O) groups is 1. The number of methoxy groups -OCH3 is 1. The van der Waals surface area contributed by atoms with Gasteiger partial charge in [-0.25, -0.2) is 4.39 Å². The highest BCUT2D eigenvalue weighted by atomic mass is 28.4. The fourth-order valence-corrected chi connectivity index (χ4v) is 3.58. The SMILES string of the molecule is CO[C@@H]1O[C@@H](C)[C@H](NC(=O)C(F)(F)F)[C@@H](O[Si](C)(C)C(C)(C)C)[C@H]1F. The Kier molecular flexibility index (Phi) is 6.69. The summed E-state index contributed by atoms with van der Waals surface area (Å²) in [5.74, 6) is -2.15. The minimum absolute atomic E-state index is 0.296. The Labute approximate surface area is 146 Å². The molecule has 0 bridgehead atoms. The van der Waals surface area contributed by atoms with Crippen LogP contribution in [0.3, 0.4) is 0 Å². The van der Waals surface area contributed by atoms with Gasteiger partial charge < -0.3 is 19.2 Å². The molecule has 1 heterocycles. The molecule has 5 nitrogen and oxygen atoms in total. The van der Waals surface area contributed by atoms with E-state index in [4.69, 9.17) is 13.9 Å². The second kappa shape index (κ2) is 7.49. The maximum atomic E-state index is 14.8. The number of amides is 1. The molecule has 10 heteroatoms. The highest BCUT2D eigenvalue weighted by Crippen LogP contribution is 2.40. The van der Waals surface area contributed by atoms with Gasteiger partial charge in [-0.15, -0.1) is 0 Å². The van der Waals surface area contributed by atoms with Crippen LogP contribution in [0.4, 0.5) is 17.6 Å². The highest BCUT2D eigenvalue weighted by molar-refractivity contribution is 6.74. The van der Waals surface area contributed by atoms with Crippen molar-refractivity contribution in [3.05, 3.63) is 0 Å². The Balaban J connectivity index is 3.14. The van der Waals surface area contributed by atoms with Crippen LogP contribution in [-0.4, -0.2) is 58.2 Å². The summed E-state index contributed by atoms with van der Waals surface area (Å²) in [6.07, 6.45) is -10.4. The topological polar surface area (TPSA) is 56.8 Å². The number of alkyl halides is 4. The summed E-state index contributed by atoms with van der Waals surface area (Å²) in [6, 6.07) is -1.29. The second-order valence-electron chi connectivity index (χ2n) is 7.73. The van der Waals surface area contributed by atoms with Gasteiger partial charge in [0.2, 0.25) is 0 Å². The van der Waals surface area contributed by atoms with Crippen LogP contribution in [0.5, 0.6) is 0 Å². The Bertz CT molecular complexity index is 481. The second-order valence-corrected chi connectivity index (χ2v) is 12.5. The van der Waals surface area contributed by atoms with E-state index >= 15 is 0 Å². The summed E-state index contributed by atoms with van der Waals surface area (Å²) in [5, 5.41) is 1.52. The lowest BCUT2D eigenvalue weighted by atomic mass is 9.98. The van der Waals surface area contributed by atoms with Crippen LogP contribution in [0.1, 0.15) is 27.7 Å². The van der Waals surface area contributed by atoms with Crippen LogP contribution in [0, 0.1) is 0 Å². The molecule has 0 radical (unpaired) electrons. The molecule has 0 aromatic rings. The number of carbonyl (C=O) groups excluding carboxylic acids is 1. The van der Waals surface area contributed by atoms with Crippen LogP contribution >= 0.6 is 0 Å². The van der Waals surface area contributed by atoms with Gasteiger partial charge in [0.15, 0.2) is 20.8 Å². The fraction of sp³-hybridized carbons (Fsp3) is 0.933. The molecule has 1 aliphatic rings. The van der Waals surface area contributed by atoms with Crippen molar-refractivity contribution in [3.63, 3.8) is 0 Å². The number of ether oxygens (including phenoxy) is 2. The van der Waals surface area contributed by atoms with Gasteiger partial charge in [0.25, 0.3) is 0 Å². The maximum absolute atomic E-state index is 14.8. The average molecular weight is 389 g/mol. The van der Waals surface area contributed by atoms with Crippen LogP contribution in [0.2, 0.25) is 18.1 Å². The molecule has 0 unspecified atom stereocenters. The molecule has 1 fully saturated rings. The molecule has 0 saturated carbocycles. The normalized spacial score (nSPS) is 31.7. The molecule has 0 aromatic carbocycles. The molecule has 0 aliphatic carbocycles. The summed E-state index contributed by atoms with van der Waals surface area (Å²) >= 11 is 0. The van der Waals surface area contributed by atoms with Crippen molar-refractivity contribution in [3.8, 4) is 0 Å². The number of halogens is 4. The van der Waals surface area contributed by atoms with Gasteiger partial charge in [0, 0.05) is 7.11 Å². The van der Waals surface area contributed by atoms with Crippen LogP contribution in [0.25, 0.3) is 0 Å². The smallest absolute Gasteiger partial charge is 0.409 e. The van der Waals surface area contributed by atoms with Crippen LogP contribution in [0.15, 0.2) is 0 Å². The molecule has 1 rings (SSSR count). The van der Waals surface area contributed by atoms with E-state index in [9.17, 15) is 22.4 Å². The molecule has 1 amide bonds. The maximum Gasteiger partial charge on any atom is 0.471 e. The summed E-state index contributed by atoms with van der Waals surface area (Å²) in [6.45, 7) is 10.9. The summed E-state index contributed by atoms with van der Waals surface area (Å²) in [4.78, 5) is 11.4. The molecule has 1 saturated heterocycles. The summed E-state index contributed by atoms with van der Waals surface area (Å²) in [7, 11) is -1.29. The van der Waals surface area contributed by atoms with E-state index < -0.39 is 51.1 Å². The van der Waals surface area contributed by atoms with Crippen molar-refractivity contribution in [2.45, 2.75) is 82.7 Å². The lowest BCUT2D eigenvalue weighted by Crippen LogP contribution is -2.66. The molecule has 1 N–H and O–H groups in total. The first kappa shape index (κ1) is 22.3. The minimum atomic E-state index is -5.08. The van der Waals surface area contributed by atoms with Crippen LogP contribution in [-0.2, 0) is 18.7 Å². The number of hydrogen-bond acceptors (Lipinski definition) is 4. The van der Waals surface area contributed by atoms with Crippen molar-refractivity contribution in [1.82, 2.24) is 5.32 Å². The van der Waals surface area contributed by atoms with Crippen molar-refractivity contribution in [1.29, 1.82) is 0 Å². The van der Waals surface area contributed by atoms with Gasteiger partial charge in [-0.3, -0.25) is 4.79 Å². The lowest BCUT2D eigenvalue weighted by molar-refractivity contribution is -0.245. The molecule has 25 heavy (non-hydrogen) atoms. The third-order valence-corrected chi connectivity index (χ3v) is 9.28. The average Bonchev–Trinajstić information content (AvgIpc) is 2.43. The largest absolute Gasteiger partial charge is 0.471 e. The standard InChI is InChI=1S/C15H27F4NO4Si/c1-8-10(20-13(21)15(17,18)19)11(9(16)12(22-5)23-8)24-25(6,7)14(2,3)4/h8-12H,1-7H3,(H,20,21)/t8-,9+,10-,11-,12+/m0/s1. The first-order valence-corrected chi connectivity index (χ1v) is 10.9. The van der Waals surface area contributed by atoms with Crippen molar-refractivity contribution in [2.24, 2.45) is 0 Å². The van der Waals surface area contributed by atoms with E-state index in [1.54, 1.807) is 0 Å². The number of hydrogen-bond donors (Lipinski definition) is 1. The van der Waals surface area contributed by atoms with Crippen molar-refractivity contribution >= 4 is 14.2 Å². The van der Waals surface area contributed by atoms with Gasteiger partial charge in [-0.05, 0) is 25.1 Å². The van der Waals surface area contributed by atoms with E-state index in [1.165, 1.54) is 14.0 Å². The zero-order valence-electron chi connectivity index (χ0n) is 15.5.